The van der Waals surface area contributed by atoms with E-state index < -0.39 is 0 Å². The van der Waals surface area contributed by atoms with Crippen LogP contribution in [-0.2, 0) is 0 Å². The van der Waals surface area contributed by atoms with E-state index in [-0.39, 0.29) is 0 Å². The lowest BCUT2D eigenvalue weighted by Gasteiger charge is -2.22. The van der Waals surface area contributed by atoms with E-state index in [9.17, 15) is 0 Å². The molecule has 3 heteroatoms. The van der Waals surface area contributed by atoms with Gasteiger partial charge in [0, 0.05) is 4.88 Å². The van der Waals surface area contributed by atoms with Crippen molar-refractivity contribution in [2.24, 2.45) is 0 Å². The van der Waals surface area contributed by atoms with E-state index in [0.29, 0.717) is 6.04 Å². The molecule has 0 bridgehead atoms. The summed E-state index contributed by atoms with van der Waals surface area (Å²) in [6.07, 6.45) is 1.15. The maximum atomic E-state index is 3.71. The van der Waals surface area contributed by atoms with E-state index in [0.717, 1.165) is 13.0 Å². The molecule has 1 unspecified atom stereocenters. The summed E-state index contributed by atoms with van der Waals surface area (Å²) >= 11 is 5.49. The SMILES string of the molecule is CCCNC(c1cc(C)c(Br)s1)c1c(C)cccc1C. The van der Waals surface area contributed by atoms with Gasteiger partial charge in [-0.2, -0.15) is 0 Å². The standard InChI is InChI=1S/C17H22BrNS/c1-5-9-19-16(14-10-13(4)17(18)20-14)15-11(2)7-6-8-12(15)3/h6-8,10,16,19H,5,9H2,1-4H3. The Hall–Kier alpha value is -0.640. The van der Waals surface area contributed by atoms with Crippen molar-refractivity contribution in [2.75, 3.05) is 6.54 Å². The highest BCUT2D eigenvalue weighted by molar-refractivity contribution is 9.11. The predicted octanol–water partition coefficient (Wildman–Crippen LogP) is 5.52. The van der Waals surface area contributed by atoms with E-state index in [1.54, 1.807) is 0 Å². The molecule has 1 N–H and O–H groups in total. The third-order valence-corrected chi connectivity index (χ3v) is 5.79. The first-order valence-electron chi connectivity index (χ1n) is 7.10. The Balaban J connectivity index is 2.47. The third kappa shape index (κ3) is 3.33. The number of halogens is 1. The Kier molecular flexibility index (Phi) is 5.42. The predicted molar refractivity (Wildman–Crippen MR) is 92.8 cm³/mol. The zero-order valence-electron chi connectivity index (χ0n) is 12.6. The summed E-state index contributed by atoms with van der Waals surface area (Å²) in [6, 6.07) is 9.15. The van der Waals surface area contributed by atoms with Crippen LogP contribution in [0.1, 0.15) is 46.5 Å². The van der Waals surface area contributed by atoms with Crippen LogP contribution in [-0.4, -0.2) is 6.54 Å². The molecule has 0 aliphatic rings. The zero-order chi connectivity index (χ0) is 14.7. The molecule has 0 radical (unpaired) electrons. The summed E-state index contributed by atoms with van der Waals surface area (Å²) < 4.78 is 1.24. The van der Waals surface area contributed by atoms with Crippen LogP contribution in [0.3, 0.4) is 0 Å². The smallest absolute Gasteiger partial charge is 0.0731 e. The van der Waals surface area contributed by atoms with Crippen molar-refractivity contribution < 1.29 is 0 Å². The zero-order valence-corrected chi connectivity index (χ0v) is 15.0. The fourth-order valence-corrected chi connectivity index (χ4v) is 4.20. The Labute approximate surface area is 134 Å². The fourth-order valence-electron chi connectivity index (χ4n) is 2.54. The first kappa shape index (κ1) is 15.7. The summed E-state index contributed by atoms with van der Waals surface area (Å²) in [5.74, 6) is 0. The lowest BCUT2D eigenvalue weighted by atomic mass is 9.95. The molecule has 2 rings (SSSR count). The van der Waals surface area contributed by atoms with Gasteiger partial charge < -0.3 is 5.32 Å². The minimum absolute atomic E-state index is 0.297. The molecule has 20 heavy (non-hydrogen) atoms. The molecule has 0 saturated heterocycles. The van der Waals surface area contributed by atoms with Crippen LogP contribution in [0.4, 0.5) is 0 Å². The number of thiophene rings is 1. The van der Waals surface area contributed by atoms with Crippen molar-refractivity contribution in [1.82, 2.24) is 5.32 Å². The molecule has 1 nitrogen and oxygen atoms in total. The molecule has 1 atom stereocenters. The highest BCUT2D eigenvalue weighted by Crippen LogP contribution is 2.36. The first-order chi connectivity index (χ1) is 9.54. The number of rotatable bonds is 5. The second-order valence-corrected chi connectivity index (χ2v) is 7.70. The molecule has 0 fully saturated rings. The van der Waals surface area contributed by atoms with Crippen LogP contribution in [0, 0.1) is 20.8 Å². The third-order valence-electron chi connectivity index (χ3n) is 3.59. The Morgan fingerprint density at radius 2 is 1.80 bits per heavy atom. The highest BCUT2D eigenvalue weighted by Gasteiger charge is 2.20. The van der Waals surface area contributed by atoms with Crippen LogP contribution in [0.25, 0.3) is 0 Å². The quantitative estimate of drug-likeness (QED) is 0.747. The topological polar surface area (TPSA) is 12.0 Å². The number of aryl methyl sites for hydroxylation is 3. The molecule has 1 aromatic heterocycles. The molecule has 108 valence electrons. The molecular weight excluding hydrogens is 330 g/mol. The first-order valence-corrected chi connectivity index (χ1v) is 8.70. The van der Waals surface area contributed by atoms with Crippen molar-refractivity contribution in [3.05, 3.63) is 55.2 Å². The molecule has 0 spiro atoms. The van der Waals surface area contributed by atoms with Crippen LogP contribution in [0.5, 0.6) is 0 Å². The molecule has 0 amide bonds. The minimum Gasteiger partial charge on any atom is -0.306 e. The van der Waals surface area contributed by atoms with Crippen molar-refractivity contribution in [3.63, 3.8) is 0 Å². The molecule has 1 heterocycles. The van der Waals surface area contributed by atoms with Crippen molar-refractivity contribution in [3.8, 4) is 0 Å². The van der Waals surface area contributed by atoms with Crippen LogP contribution in [0.15, 0.2) is 28.1 Å². The summed E-state index contributed by atoms with van der Waals surface area (Å²) in [7, 11) is 0. The molecular formula is C17H22BrNS. The maximum Gasteiger partial charge on any atom is 0.0731 e. The molecule has 0 aliphatic heterocycles. The van der Waals surface area contributed by atoms with Crippen molar-refractivity contribution in [2.45, 2.75) is 40.2 Å². The van der Waals surface area contributed by atoms with Gasteiger partial charge in [-0.25, -0.2) is 0 Å². The average molecular weight is 352 g/mol. The van der Waals surface area contributed by atoms with Crippen LogP contribution >= 0.6 is 27.3 Å². The summed E-state index contributed by atoms with van der Waals surface area (Å²) in [5.41, 5.74) is 5.47. The van der Waals surface area contributed by atoms with Gasteiger partial charge in [-0.3, -0.25) is 0 Å². The van der Waals surface area contributed by atoms with E-state index in [1.807, 2.05) is 11.3 Å². The summed E-state index contributed by atoms with van der Waals surface area (Å²) in [6.45, 7) is 9.82. The maximum absolute atomic E-state index is 3.71. The molecule has 0 saturated carbocycles. The van der Waals surface area contributed by atoms with Gasteiger partial charge in [-0.05, 0) is 78.0 Å². The Bertz CT molecular complexity index is 549. The van der Waals surface area contributed by atoms with Gasteiger partial charge in [0.25, 0.3) is 0 Å². The highest BCUT2D eigenvalue weighted by atomic mass is 79.9. The van der Waals surface area contributed by atoms with E-state index in [1.165, 1.54) is 30.9 Å². The van der Waals surface area contributed by atoms with Crippen molar-refractivity contribution in [1.29, 1.82) is 0 Å². The summed E-state index contributed by atoms with van der Waals surface area (Å²) in [5, 5.41) is 3.71. The lowest BCUT2D eigenvalue weighted by Crippen LogP contribution is -2.24. The van der Waals surface area contributed by atoms with Crippen molar-refractivity contribution >= 4 is 27.3 Å². The number of hydrogen-bond acceptors (Lipinski definition) is 2. The van der Waals surface area contributed by atoms with Gasteiger partial charge in [-0.15, -0.1) is 11.3 Å². The molecule has 2 aromatic rings. The van der Waals surface area contributed by atoms with Gasteiger partial charge in [0.15, 0.2) is 0 Å². The van der Waals surface area contributed by atoms with E-state index >= 15 is 0 Å². The number of hydrogen-bond donors (Lipinski definition) is 1. The number of benzene rings is 1. The van der Waals surface area contributed by atoms with Gasteiger partial charge in [0.05, 0.1) is 9.83 Å². The van der Waals surface area contributed by atoms with Gasteiger partial charge in [0.1, 0.15) is 0 Å². The van der Waals surface area contributed by atoms with Gasteiger partial charge >= 0.3 is 0 Å². The monoisotopic (exact) mass is 351 g/mol. The molecule has 1 aromatic carbocycles. The Morgan fingerprint density at radius 1 is 1.15 bits per heavy atom. The van der Waals surface area contributed by atoms with E-state index in [2.05, 4.69) is 73.2 Å². The summed E-state index contributed by atoms with van der Waals surface area (Å²) in [4.78, 5) is 1.39. The number of nitrogens with one attached hydrogen (secondary N) is 1. The van der Waals surface area contributed by atoms with Crippen LogP contribution < -0.4 is 5.32 Å². The Morgan fingerprint density at radius 3 is 2.30 bits per heavy atom. The average Bonchev–Trinajstić information content (AvgIpc) is 2.73. The molecule has 0 aliphatic carbocycles. The minimum atomic E-state index is 0.297. The van der Waals surface area contributed by atoms with Gasteiger partial charge in [0.2, 0.25) is 0 Å². The fraction of sp³-hybridized carbons (Fsp3) is 0.412. The second kappa shape index (κ2) is 6.88. The van der Waals surface area contributed by atoms with Gasteiger partial charge in [-0.1, -0.05) is 25.1 Å². The second-order valence-electron chi connectivity index (χ2n) is 5.30. The van der Waals surface area contributed by atoms with Crippen LogP contribution in [0.2, 0.25) is 0 Å². The van der Waals surface area contributed by atoms with E-state index in [4.69, 9.17) is 0 Å². The normalized spacial score (nSPS) is 12.7. The largest absolute Gasteiger partial charge is 0.306 e. The lowest BCUT2D eigenvalue weighted by molar-refractivity contribution is 0.601.